The van der Waals surface area contributed by atoms with Gasteiger partial charge in [0.05, 0.1) is 11.6 Å². The van der Waals surface area contributed by atoms with Gasteiger partial charge in [-0.3, -0.25) is 0 Å². The lowest BCUT2D eigenvalue weighted by Gasteiger charge is -2.28. The lowest BCUT2D eigenvalue weighted by Crippen LogP contribution is -2.32. The van der Waals surface area contributed by atoms with Crippen molar-refractivity contribution in [3.63, 3.8) is 0 Å². The first kappa shape index (κ1) is 14.8. The first-order chi connectivity index (χ1) is 8.58. The van der Waals surface area contributed by atoms with Crippen molar-refractivity contribution in [1.29, 1.82) is 5.26 Å². The van der Waals surface area contributed by atoms with Crippen molar-refractivity contribution < 1.29 is 0 Å². The second-order valence-electron chi connectivity index (χ2n) is 4.64. The van der Waals surface area contributed by atoms with Crippen LogP contribution in [0.2, 0.25) is 5.15 Å². The van der Waals surface area contributed by atoms with Crippen molar-refractivity contribution in [3.8, 4) is 6.07 Å². The van der Waals surface area contributed by atoms with Crippen LogP contribution in [0, 0.1) is 11.3 Å². The highest BCUT2D eigenvalue weighted by atomic mass is 35.5. The maximum atomic E-state index is 8.97. The zero-order valence-electron chi connectivity index (χ0n) is 11.3. The molecule has 0 atom stereocenters. The molecule has 98 valence electrons. The average Bonchev–Trinajstić information content (AvgIpc) is 2.33. The summed E-state index contributed by atoms with van der Waals surface area (Å²) in [5.74, 6) is 0.796. The molecule has 0 aliphatic heterocycles. The number of nitriles is 1. The van der Waals surface area contributed by atoms with E-state index in [9.17, 15) is 0 Å². The van der Waals surface area contributed by atoms with Gasteiger partial charge in [0, 0.05) is 12.6 Å². The molecule has 0 unspecified atom stereocenters. The minimum Gasteiger partial charge on any atom is -0.354 e. The van der Waals surface area contributed by atoms with Crippen LogP contribution in [-0.4, -0.2) is 17.6 Å². The van der Waals surface area contributed by atoms with Crippen molar-refractivity contribution >= 4 is 17.4 Å². The second kappa shape index (κ2) is 7.23. The Morgan fingerprint density at radius 2 is 2.11 bits per heavy atom. The van der Waals surface area contributed by atoms with E-state index < -0.39 is 0 Å². The predicted molar refractivity (Wildman–Crippen MR) is 76.0 cm³/mol. The number of anilines is 1. The highest BCUT2D eigenvalue weighted by Gasteiger charge is 2.13. The average molecular weight is 266 g/mol. The summed E-state index contributed by atoms with van der Waals surface area (Å²) in [4.78, 5) is 6.52. The standard InChI is InChI=1S/C14H20ClN3/c1-4-5-6-7-18(11(2)3)14-9-12(10-16)8-13(15)17-14/h8-9,11H,4-7H2,1-3H3. The third kappa shape index (κ3) is 4.19. The van der Waals surface area contributed by atoms with Crippen LogP contribution in [0.3, 0.4) is 0 Å². The summed E-state index contributed by atoms with van der Waals surface area (Å²) in [5, 5.41) is 9.35. The fourth-order valence-corrected chi connectivity index (χ4v) is 2.07. The summed E-state index contributed by atoms with van der Waals surface area (Å²) in [6.07, 6.45) is 3.53. The summed E-state index contributed by atoms with van der Waals surface area (Å²) >= 11 is 5.95. The highest BCUT2D eigenvalue weighted by Crippen LogP contribution is 2.20. The van der Waals surface area contributed by atoms with E-state index in [2.05, 4.69) is 36.7 Å². The maximum Gasteiger partial charge on any atom is 0.132 e. The molecule has 1 rings (SSSR count). The molecule has 18 heavy (non-hydrogen) atoms. The third-order valence-electron chi connectivity index (χ3n) is 2.83. The van der Waals surface area contributed by atoms with Crippen molar-refractivity contribution in [3.05, 3.63) is 22.8 Å². The zero-order chi connectivity index (χ0) is 13.5. The van der Waals surface area contributed by atoms with E-state index >= 15 is 0 Å². The van der Waals surface area contributed by atoms with Gasteiger partial charge >= 0.3 is 0 Å². The van der Waals surface area contributed by atoms with E-state index in [1.54, 1.807) is 12.1 Å². The van der Waals surface area contributed by atoms with Gasteiger partial charge in [-0.2, -0.15) is 5.26 Å². The predicted octanol–water partition coefficient (Wildman–Crippen LogP) is 4.01. The molecule has 0 spiro atoms. The first-order valence-electron chi connectivity index (χ1n) is 6.42. The van der Waals surface area contributed by atoms with E-state index in [0.29, 0.717) is 16.8 Å². The van der Waals surface area contributed by atoms with Gasteiger partial charge in [-0.05, 0) is 32.4 Å². The summed E-state index contributed by atoms with van der Waals surface area (Å²) in [7, 11) is 0. The SMILES string of the molecule is CCCCCN(c1cc(C#N)cc(Cl)n1)C(C)C. The van der Waals surface area contributed by atoms with Crippen LogP contribution >= 0.6 is 11.6 Å². The topological polar surface area (TPSA) is 39.9 Å². The second-order valence-corrected chi connectivity index (χ2v) is 5.03. The quantitative estimate of drug-likeness (QED) is 0.576. The summed E-state index contributed by atoms with van der Waals surface area (Å²) in [5.41, 5.74) is 0.561. The molecule has 1 heterocycles. The number of pyridine rings is 1. The van der Waals surface area contributed by atoms with Crippen molar-refractivity contribution in [2.45, 2.75) is 46.1 Å². The summed E-state index contributed by atoms with van der Waals surface area (Å²) in [6.45, 7) is 7.38. The van der Waals surface area contributed by atoms with Gasteiger partial charge in [-0.25, -0.2) is 4.98 Å². The Labute approximate surface area is 114 Å². The van der Waals surface area contributed by atoms with E-state index in [-0.39, 0.29) is 0 Å². The Balaban J connectivity index is 2.91. The van der Waals surface area contributed by atoms with Gasteiger partial charge in [0.1, 0.15) is 11.0 Å². The van der Waals surface area contributed by atoms with Gasteiger partial charge in [0.2, 0.25) is 0 Å². The largest absolute Gasteiger partial charge is 0.354 e. The van der Waals surface area contributed by atoms with E-state index in [1.165, 1.54) is 12.8 Å². The Hall–Kier alpha value is -1.27. The molecule has 0 aliphatic rings. The molecule has 0 saturated carbocycles. The minimum absolute atomic E-state index is 0.347. The fraction of sp³-hybridized carbons (Fsp3) is 0.571. The first-order valence-corrected chi connectivity index (χ1v) is 6.80. The number of unbranched alkanes of at least 4 members (excludes halogenated alkanes) is 2. The van der Waals surface area contributed by atoms with Crippen LogP contribution < -0.4 is 4.90 Å². The normalized spacial score (nSPS) is 10.4. The molecule has 0 aromatic carbocycles. The molecule has 0 bridgehead atoms. The van der Waals surface area contributed by atoms with Crippen LogP contribution in [0.1, 0.15) is 45.6 Å². The molecule has 3 nitrogen and oxygen atoms in total. The molecule has 4 heteroatoms. The van der Waals surface area contributed by atoms with Crippen molar-refractivity contribution in [2.24, 2.45) is 0 Å². The summed E-state index contributed by atoms with van der Waals surface area (Å²) < 4.78 is 0. The molecule has 0 radical (unpaired) electrons. The molecule has 0 saturated heterocycles. The molecule has 0 amide bonds. The van der Waals surface area contributed by atoms with Gasteiger partial charge in [-0.15, -0.1) is 0 Å². The Morgan fingerprint density at radius 3 is 2.67 bits per heavy atom. The number of hydrogen-bond donors (Lipinski definition) is 0. The zero-order valence-corrected chi connectivity index (χ0v) is 12.0. The molecular weight excluding hydrogens is 246 g/mol. The molecule has 1 aromatic rings. The molecule has 0 fully saturated rings. The fourth-order valence-electron chi connectivity index (χ4n) is 1.86. The lowest BCUT2D eigenvalue weighted by atomic mass is 10.2. The van der Waals surface area contributed by atoms with Gasteiger partial charge in [0.15, 0.2) is 0 Å². The van der Waals surface area contributed by atoms with Crippen LogP contribution in [0.15, 0.2) is 12.1 Å². The Kier molecular flexibility index (Phi) is 5.94. The molecule has 0 aliphatic carbocycles. The van der Waals surface area contributed by atoms with Crippen LogP contribution in [0.4, 0.5) is 5.82 Å². The summed E-state index contributed by atoms with van der Waals surface area (Å²) in [6, 6.07) is 5.86. The van der Waals surface area contributed by atoms with Gasteiger partial charge in [-0.1, -0.05) is 31.4 Å². The van der Waals surface area contributed by atoms with E-state index in [4.69, 9.17) is 16.9 Å². The Bertz CT molecular complexity index is 424. The number of aromatic nitrogens is 1. The monoisotopic (exact) mass is 265 g/mol. The van der Waals surface area contributed by atoms with Crippen molar-refractivity contribution in [1.82, 2.24) is 4.98 Å². The van der Waals surface area contributed by atoms with Gasteiger partial charge in [0.25, 0.3) is 0 Å². The smallest absolute Gasteiger partial charge is 0.132 e. The number of nitrogens with zero attached hydrogens (tertiary/aromatic N) is 3. The maximum absolute atomic E-state index is 8.97. The van der Waals surface area contributed by atoms with Crippen LogP contribution in [0.25, 0.3) is 0 Å². The van der Waals surface area contributed by atoms with Crippen molar-refractivity contribution in [2.75, 3.05) is 11.4 Å². The number of hydrogen-bond acceptors (Lipinski definition) is 3. The van der Waals surface area contributed by atoms with Crippen LogP contribution in [0.5, 0.6) is 0 Å². The Morgan fingerprint density at radius 1 is 1.39 bits per heavy atom. The molecule has 1 aromatic heterocycles. The number of rotatable bonds is 6. The van der Waals surface area contributed by atoms with Crippen LogP contribution in [-0.2, 0) is 0 Å². The molecular formula is C14H20ClN3. The highest BCUT2D eigenvalue weighted by molar-refractivity contribution is 6.29. The third-order valence-corrected chi connectivity index (χ3v) is 3.02. The lowest BCUT2D eigenvalue weighted by molar-refractivity contribution is 0.620. The minimum atomic E-state index is 0.347. The van der Waals surface area contributed by atoms with E-state index in [0.717, 1.165) is 18.8 Å². The van der Waals surface area contributed by atoms with E-state index in [1.807, 2.05) is 0 Å². The number of halogens is 1. The molecule has 0 N–H and O–H groups in total. The van der Waals surface area contributed by atoms with Gasteiger partial charge < -0.3 is 4.90 Å².